The molecular formula is C28H42N4O6. The Balaban J connectivity index is 1.91. The first-order chi connectivity index (χ1) is 18.0. The van der Waals surface area contributed by atoms with Crippen molar-refractivity contribution in [3.05, 3.63) is 29.8 Å². The molecule has 0 unspecified atom stereocenters. The van der Waals surface area contributed by atoms with E-state index in [0.717, 1.165) is 0 Å². The number of carbonyl (C=O) groups is 4. The Labute approximate surface area is 224 Å². The largest absolute Gasteiger partial charge is 0.491 e. The van der Waals surface area contributed by atoms with Gasteiger partial charge in [-0.15, -0.1) is 0 Å². The average Bonchev–Trinajstić information content (AvgIpc) is 2.87. The molecule has 0 radical (unpaired) electrons. The minimum Gasteiger partial charge on any atom is -0.491 e. The fourth-order valence-corrected chi connectivity index (χ4v) is 4.69. The van der Waals surface area contributed by atoms with E-state index in [1.54, 1.807) is 29.2 Å². The molecule has 38 heavy (non-hydrogen) atoms. The first kappa shape index (κ1) is 29.4. The van der Waals surface area contributed by atoms with Crippen molar-refractivity contribution in [2.24, 2.45) is 11.8 Å². The highest BCUT2D eigenvalue weighted by atomic mass is 16.5. The van der Waals surface area contributed by atoms with Crippen molar-refractivity contribution in [1.82, 2.24) is 20.9 Å². The molecule has 210 valence electrons. The van der Waals surface area contributed by atoms with Crippen LogP contribution in [0.3, 0.4) is 0 Å². The van der Waals surface area contributed by atoms with Crippen LogP contribution >= 0.6 is 0 Å². The number of piperidine rings is 1. The standard InChI is InChI=1S/C28H42N4O6/c1-17(2)15-22-27(36)31-23(18(3)4)16-38-24-8-6-5-7-20(24)26(35)30-21(9-10-25(34)29-22)28(37)32-13-11-19(33)12-14-32/h5-8,17-19,21-23,33H,9-16H2,1-4H3,(H,29,34)(H,30,35)(H,31,36)/t21-,22-,23-/m0/s1. The summed E-state index contributed by atoms with van der Waals surface area (Å²) in [6.45, 7) is 8.79. The second-order valence-electron chi connectivity index (χ2n) is 11.0. The van der Waals surface area contributed by atoms with Crippen LogP contribution < -0.4 is 20.7 Å². The minimum atomic E-state index is -0.942. The minimum absolute atomic E-state index is 0.0380. The van der Waals surface area contributed by atoms with Crippen molar-refractivity contribution < 1.29 is 29.0 Å². The van der Waals surface area contributed by atoms with Gasteiger partial charge in [-0.3, -0.25) is 19.2 Å². The maximum Gasteiger partial charge on any atom is 0.255 e. The molecule has 10 heteroatoms. The number of carbonyl (C=O) groups excluding carboxylic acids is 4. The van der Waals surface area contributed by atoms with Crippen molar-refractivity contribution in [2.75, 3.05) is 19.7 Å². The van der Waals surface area contributed by atoms with Crippen LogP contribution in [0.25, 0.3) is 0 Å². The number of amides is 4. The summed E-state index contributed by atoms with van der Waals surface area (Å²) >= 11 is 0. The Kier molecular flexibility index (Phi) is 10.5. The number of fused-ring (bicyclic) bond motifs is 1. The summed E-state index contributed by atoms with van der Waals surface area (Å²) in [6.07, 6.45) is 0.972. The summed E-state index contributed by atoms with van der Waals surface area (Å²) in [4.78, 5) is 54.5. The molecule has 2 heterocycles. The summed E-state index contributed by atoms with van der Waals surface area (Å²) in [7, 11) is 0. The molecule has 0 saturated carbocycles. The molecule has 0 aliphatic carbocycles. The van der Waals surface area contributed by atoms with Crippen LogP contribution in [0.5, 0.6) is 5.75 Å². The van der Waals surface area contributed by atoms with Crippen molar-refractivity contribution in [3.8, 4) is 5.75 Å². The molecule has 0 aromatic heterocycles. The topological polar surface area (TPSA) is 137 Å². The predicted octanol–water partition coefficient (Wildman–Crippen LogP) is 1.61. The van der Waals surface area contributed by atoms with Crippen LogP contribution in [0.2, 0.25) is 0 Å². The molecule has 3 atom stereocenters. The number of hydrogen-bond donors (Lipinski definition) is 4. The monoisotopic (exact) mass is 530 g/mol. The lowest BCUT2D eigenvalue weighted by atomic mass is 10.00. The van der Waals surface area contributed by atoms with Crippen molar-refractivity contribution in [1.29, 1.82) is 0 Å². The molecule has 0 spiro atoms. The van der Waals surface area contributed by atoms with Gasteiger partial charge in [0.25, 0.3) is 5.91 Å². The second kappa shape index (κ2) is 13.6. The van der Waals surface area contributed by atoms with Crippen molar-refractivity contribution in [2.45, 2.75) is 84.0 Å². The fraction of sp³-hybridized carbons (Fsp3) is 0.643. The van der Waals surface area contributed by atoms with Crippen LogP contribution in [-0.2, 0) is 14.4 Å². The van der Waals surface area contributed by atoms with E-state index in [9.17, 15) is 24.3 Å². The highest BCUT2D eigenvalue weighted by molar-refractivity contribution is 6.00. The first-order valence-corrected chi connectivity index (χ1v) is 13.6. The van der Waals surface area contributed by atoms with Crippen molar-refractivity contribution in [3.63, 3.8) is 0 Å². The number of aliphatic hydroxyl groups excluding tert-OH is 1. The van der Waals surface area contributed by atoms with Crippen LogP contribution in [0, 0.1) is 11.8 Å². The summed E-state index contributed by atoms with van der Waals surface area (Å²) in [5.74, 6) is -0.871. The maximum absolute atomic E-state index is 13.4. The van der Waals surface area contributed by atoms with E-state index in [2.05, 4.69) is 16.0 Å². The van der Waals surface area contributed by atoms with Gasteiger partial charge in [0.05, 0.1) is 17.7 Å². The van der Waals surface area contributed by atoms with E-state index in [-0.39, 0.29) is 60.6 Å². The average molecular weight is 531 g/mol. The van der Waals surface area contributed by atoms with Gasteiger partial charge in [0.1, 0.15) is 24.4 Å². The normalized spacial score (nSPS) is 24.4. The number of ether oxygens (including phenoxy) is 1. The summed E-state index contributed by atoms with van der Waals surface area (Å²) in [6, 6.07) is 4.75. The molecule has 1 saturated heterocycles. The molecule has 4 N–H and O–H groups in total. The van der Waals surface area contributed by atoms with Gasteiger partial charge in [0, 0.05) is 19.5 Å². The number of nitrogens with one attached hydrogen (secondary N) is 3. The van der Waals surface area contributed by atoms with Crippen molar-refractivity contribution >= 4 is 23.6 Å². The number of nitrogens with zero attached hydrogens (tertiary/aromatic N) is 1. The predicted molar refractivity (Wildman–Crippen MR) is 142 cm³/mol. The second-order valence-corrected chi connectivity index (χ2v) is 11.0. The van der Waals surface area contributed by atoms with E-state index in [1.807, 2.05) is 27.7 Å². The van der Waals surface area contributed by atoms with Gasteiger partial charge in [-0.1, -0.05) is 39.8 Å². The maximum atomic E-state index is 13.4. The number of hydrogen-bond acceptors (Lipinski definition) is 6. The van der Waals surface area contributed by atoms with Gasteiger partial charge in [0.15, 0.2) is 0 Å². The Morgan fingerprint density at radius 3 is 2.37 bits per heavy atom. The summed E-state index contributed by atoms with van der Waals surface area (Å²) in [5.41, 5.74) is 0.269. The zero-order valence-electron chi connectivity index (χ0n) is 22.9. The molecule has 10 nitrogen and oxygen atoms in total. The molecule has 4 amide bonds. The Morgan fingerprint density at radius 2 is 1.71 bits per heavy atom. The first-order valence-electron chi connectivity index (χ1n) is 13.6. The molecule has 1 fully saturated rings. The van der Waals surface area contributed by atoms with E-state index in [1.165, 1.54) is 0 Å². The lowest BCUT2D eigenvalue weighted by Gasteiger charge is -2.32. The highest BCUT2D eigenvalue weighted by Crippen LogP contribution is 2.21. The Morgan fingerprint density at radius 1 is 1.03 bits per heavy atom. The third-order valence-electron chi connectivity index (χ3n) is 7.08. The van der Waals surface area contributed by atoms with Gasteiger partial charge in [-0.2, -0.15) is 0 Å². The third kappa shape index (κ3) is 8.18. The molecule has 1 aromatic rings. The number of likely N-dealkylation sites (tertiary alicyclic amines) is 1. The van der Waals surface area contributed by atoms with Gasteiger partial charge in [0.2, 0.25) is 17.7 Å². The van der Waals surface area contributed by atoms with Gasteiger partial charge in [-0.25, -0.2) is 0 Å². The lowest BCUT2D eigenvalue weighted by molar-refractivity contribution is -0.136. The number of aliphatic hydroxyl groups is 1. The van der Waals surface area contributed by atoms with Crippen LogP contribution in [-0.4, -0.2) is 77.6 Å². The molecule has 2 aliphatic heterocycles. The molecule has 0 bridgehead atoms. The van der Waals surface area contributed by atoms with Crippen LogP contribution in [0.1, 0.15) is 70.2 Å². The number of benzene rings is 1. The number of para-hydroxylation sites is 1. The molecule has 3 rings (SSSR count). The van der Waals surface area contributed by atoms with E-state index >= 15 is 0 Å². The van der Waals surface area contributed by atoms with Gasteiger partial charge >= 0.3 is 0 Å². The number of rotatable bonds is 4. The lowest BCUT2D eigenvalue weighted by Crippen LogP contribution is -2.53. The quantitative estimate of drug-likeness (QED) is 0.467. The van der Waals surface area contributed by atoms with Gasteiger partial charge < -0.3 is 30.7 Å². The van der Waals surface area contributed by atoms with E-state index in [4.69, 9.17) is 4.74 Å². The molecule has 2 aliphatic rings. The zero-order chi connectivity index (χ0) is 27.8. The van der Waals surface area contributed by atoms with Gasteiger partial charge in [-0.05, 0) is 49.7 Å². The fourth-order valence-electron chi connectivity index (χ4n) is 4.69. The van der Waals surface area contributed by atoms with Crippen LogP contribution in [0.4, 0.5) is 0 Å². The van der Waals surface area contributed by atoms with E-state index in [0.29, 0.717) is 38.1 Å². The van der Waals surface area contributed by atoms with Crippen LogP contribution in [0.15, 0.2) is 24.3 Å². The third-order valence-corrected chi connectivity index (χ3v) is 7.08. The summed E-state index contributed by atoms with van der Waals surface area (Å²) < 4.78 is 6.03. The zero-order valence-corrected chi connectivity index (χ0v) is 22.9. The summed E-state index contributed by atoms with van der Waals surface area (Å²) in [5, 5.41) is 18.5. The smallest absolute Gasteiger partial charge is 0.255 e. The molecule has 1 aromatic carbocycles. The highest BCUT2D eigenvalue weighted by Gasteiger charge is 2.32. The Hall–Kier alpha value is -3.14. The Bertz CT molecular complexity index is 989. The van der Waals surface area contributed by atoms with E-state index < -0.39 is 24.1 Å². The molecular weight excluding hydrogens is 488 g/mol. The SMILES string of the molecule is CC(C)C[C@@H]1NC(=O)CC[C@@H](C(=O)N2CCC(O)CC2)NC(=O)c2ccccc2OC[C@@H](C(C)C)NC1=O.